The first-order valence-corrected chi connectivity index (χ1v) is 7.36. The number of thioether (sulfide) groups is 1. The second-order valence-corrected chi connectivity index (χ2v) is 5.72. The van der Waals surface area contributed by atoms with Gasteiger partial charge in [0, 0.05) is 29.0 Å². The molecule has 2 aromatic rings. The van der Waals surface area contributed by atoms with E-state index >= 15 is 0 Å². The summed E-state index contributed by atoms with van der Waals surface area (Å²) in [5.74, 6) is 1.08. The molecule has 0 amide bonds. The summed E-state index contributed by atoms with van der Waals surface area (Å²) in [5, 5.41) is 0. The highest BCUT2D eigenvalue weighted by molar-refractivity contribution is 7.99. The fourth-order valence-corrected chi connectivity index (χ4v) is 2.60. The van der Waals surface area contributed by atoms with Gasteiger partial charge in [0.25, 0.3) is 0 Å². The molecule has 0 fully saturated rings. The van der Waals surface area contributed by atoms with Crippen molar-refractivity contribution in [2.75, 3.05) is 11.5 Å². The number of nitrogens with zero attached hydrogens (tertiary/aromatic N) is 1. The topological polar surface area (TPSA) is 64.9 Å². The molecule has 3 nitrogen and oxygen atoms in total. The Morgan fingerprint density at radius 2 is 1.95 bits per heavy atom. The highest BCUT2D eigenvalue weighted by Gasteiger charge is 2.09. The first-order valence-electron chi connectivity index (χ1n) is 6.37. The van der Waals surface area contributed by atoms with Crippen LogP contribution in [0, 0.1) is 0 Å². The molecule has 0 saturated carbocycles. The summed E-state index contributed by atoms with van der Waals surface area (Å²) in [6, 6.07) is 10.2. The Bertz CT molecular complexity index is 525. The lowest BCUT2D eigenvalue weighted by Crippen LogP contribution is -2.14. The summed E-state index contributed by atoms with van der Waals surface area (Å²) in [6.45, 7) is 2.15. The summed E-state index contributed by atoms with van der Waals surface area (Å²) >= 11 is 1.83. The van der Waals surface area contributed by atoms with Crippen LogP contribution in [0.2, 0.25) is 0 Å². The first-order chi connectivity index (χ1) is 9.20. The third kappa shape index (κ3) is 3.72. The van der Waals surface area contributed by atoms with E-state index in [9.17, 15) is 0 Å². The van der Waals surface area contributed by atoms with Gasteiger partial charge in [0.2, 0.25) is 0 Å². The van der Waals surface area contributed by atoms with Gasteiger partial charge in [-0.05, 0) is 41.5 Å². The Labute approximate surface area is 118 Å². The van der Waals surface area contributed by atoms with Crippen molar-refractivity contribution in [1.29, 1.82) is 0 Å². The minimum atomic E-state index is -0.0489. The molecule has 19 heavy (non-hydrogen) atoms. The number of hydrogen-bond acceptors (Lipinski definition) is 4. The van der Waals surface area contributed by atoms with Crippen LogP contribution in [0.1, 0.15) is 24.1 Å². The summed E-state index contributed by atoms with van der Waals surface area (Å²) in [4.78, 5) is 5.37. The number of hydrogen-bond donors (Lipinski definition) is 2. The molecular weight excluding hydrogens is 254 g/mol. The maximum atomic E-state index is 6.23. The van der Waals surface area contributed by atoms with Crippen LogP contribution in [0.25, 0.3) is 0 Å². The fourth-order valence-electron chi connectivity index (χ4n) is 1.94. The zero-order chi connectivity index (χ0) is 13.7. The van der Waals surface area contributed by atoms with Crippen molar-refractivity contribution in [2.24, 2.45) is 5.73 Å². The van der Waals surface area contributed by atoms with Crippen molar-refractivity contribution >= 4 is 17.4 Å². The molecular formula is C15H19N3S. The van der Waals surface area contributed by atoms with E-state index in [0.717, 1.165) is 22.6 Å². The van der Waals surface area contributed by atoms with Gasteiger partial charge in [0.1, 0.15) is 0 Å². The Balaban J connectivity index is 2.07. The second-order valence-electron chi connectivity index (χ2n) is 4.39. The van der Waals surface area contributed by atoms with Gasteiger partial charge in [-0.1, -0.05) is 19.1 Å². The van der Waals surface area contributed by atoms with E-state index in [1.807, 2.05) is 17.8 Å². The SMILES string of the molecule is CCSc1ccc(C(N)Cc2cnccc2N)cc1. The molecule has 1 aromatic carbocycles. The molecule has 2 rings (SSSR count). The quantitative estimate of drug-likeness (QED) is 0.822. The van der Waals surface area contributed by atoms with Crippen LogP contribution < -0.4 is 11.5 Å². The third-order valence-electron chi connectivity index (χ3n) is 3.00. The largest absolute Gasteiger partial charge is 0.398 e. The summed E-state index contributed by atoms with van der Waals surface area (Å²) in [7, 11) is 0. The van der Waals surface area contributed by atoms with Gasteiger partial charge < -0.3 is 11.5 Å². The number of rotatable bonds is 5. The Morgan fingerprint density at radius 3 is 2.58 bits per heavy atom. The van der Waals surface area contributed by atoms with Gasteiger partial charge in [0.05, 0.1) is 0 Å². The molecule has 0 radical (unpaired) electrons. The lowest BCUT2D eigenvalue weighted by Gasteiger charge is -2.13. The van der Waals surface area contributed by atoms with Crippen LogP contribution >= 0.6 is 11.8 Å². The number of pyridine rings is 1. The Hall–Kier alpha value is -1.52. The molecule has 1 unspecified atom stereocenters. The van der Waals surface area contributed by atoms with Gasteiger partial charge in [-0.2, -0.15) is 0 Å². The van der Waals surface area contributed by atoms with E-state index in [2.05, 4.69) is 36.2 Å². The normalized spacial score (nSPS) is 12.3. The maximum absolute atomic E-state index is 6.23. The first kappa shape index (κ1) is 13.9. The van der Waals surface area contributed by atoms with Crippen LogP contribution in [0.4, 0.5) is 5.69 Å². The molecule has 0 aliphatic heterocycles. The average Bonchev–Trinajstić information content (AvgIpc) is 2.42. The number of anilines is 1. The maximum Gasteiger partial charge on any atom is 0.0378 e. The van der Waals surface area contributed by atoms with Crippen LogP contribution in [0.3, 0.4) is 0 Å². The summed E-state index contributed by atoms with van der Waals surface area (Å²) in [5.41, 5.74) is 15.0. The number of nitrogen functional groups attached to an aromatic ring is 1. The molecule has 4 heteroatoms. The van der Waals surface area contributed by atoms with Gasteiger partial charge in [-0.3, -0.25) is 4.98 Å². The molecule has 1 aromatic heterocycles. The van der Waals surface area contributed by atoms with Gasteiger partial charge in [-0.15, -0.1) is 11.8 Å². The molecule has 0 aliphatic rings. The minimum absolute atomic E-state index is 0.0489. The second kappa shape index (κ2) is 6.59. The van der Waals surface area contributed by atoms with Gasteiger partial charge >= 0.3 is 0 Å². The van der Waals surface area contributed by atoms with Crippen molar-refractivity contribution in [1.82, 2.24) is 4.98 Å². The van der Waals surface area contributed by atoms with E-state index in [1.165, 1.54) is 4.90 Å². The average molecular weight is 273 g/mol. The number of aromatic nitrogens is 1. The number of nitrogens with two attached hydrogens (primary N) is 2. The lowest BCUT2D eigenvalue weighted by atomic mass is 10.00. The predicted molar refractivity (Wildman–Crippen MR) is 82.1 cm³/mol. The smallest absolute Gasteiger partial charge is 0.0378 e. The van der Waals surface area contributed by atoms with E-state index in [1.54, 1.807) is 12.4 Å². The lowest BCUT2D eigenvalue weighted by molar-refractivity contribution is 0.720. The molecule has 1 atom stereocenters. The molecule has 0 bridgehead atoms. The Kier molecular flexibility index (Phi) is 4.82. The van der Waals surface area contributed by atoms with E-state index < -0.39 is 0 Å². The van der Waals surface area contributed by atoms with Crippen molar-refractivity contribution < 1.29 is 0 Å². The highest BCUT2D eigenvalue weighted by Crippen LogP contribution is 2.23. The van der Waals surface area contributed by atoms with Gasteiger partial charge in [-0.25, -0.2) is 0 Å². The van der Waals surface area contributed by atoms with Crippen LogP contribution in [-0.4, -0.2) is 10.7 Å². The zero-order valence-corrected chi connectivity index (χ0v) is 11.9. The van der Waals surface area contributed by atoms with Gasteiger partial charge in [0.15, 0.2) is 0 Å². The highest BCUT2D eigenvalue weighted by atomic mass is 32.2. The van der Waals surface area contributed by atoms with Crippen molar-refractivity contribution in [3.8, 4) is 0 Å². The summed E-state index contributed by atoms with van der Waals surface area (Å²) in [6.07, 6.45) is 4.19. The van der Waals surface area contributed by atoms with E-state index in [4.69, 9.17) is 11.5 Å². The zero-order valence-electron chi connectivity index (χ0n) is 11.0. The molecule has 0 aliphatic carbocycles. The molecule has 0 saturated heterocycles. The monoisotopic (exact) mass is 273 g/mol. The third-order valence-corrected chi connectivity index (χ3v) is 3.89. The van der Waals surface area contributed by atoms with E-state index in [0.29, 0.717) is 6.42 Å². The van der Waals surface area contributed by atoms with Crippen LogP contribution in [0.15, 0.2) is 47.6 Å². The van der Waals surface area contributed by atoms with Crippen molar-refractivity contribution in [2.45, 2.75) is 24.3 Å². The Morgan fingerprint density at radius 1 is 1.21 bits per heavy atom. The molecule has 0 spiro atoms. The molecule has 100 valence electrons. The minimum Gasteiger partial charge on any atom is -0.398 e. The van der Waals surface area contributed by atoms with Crippen molar-refractivity contribution in [3.63, 3.8) is 0 Å². The fraction of sp³-hybridized carbons (Fsp3) is 0.267. The van der Waals surface area contributed by atoms with Crippen LogP contribution in [-0.2, 0) is 6.42 Å². The number of benzene rings is 1. The van der Waals surface area contributed by atoms with Crippen molar-refractivity contribution in [3.05, 3.63) is 53.9 Å². The summed E-state index contributed by atoms with van der Waals surface area (Å²) < 4.78 is 0. The standard InChI is InChI=1S/C15H19N3S/c1-2-19-13-5-3-11(4-6-13)15(17)9-12-10-18-8-7-14(12)16/h3-8,10,15H,2,9,17H2,1H3,(H2,16,18). The van der Waals surface area contributed by atoms with Crippen LogP contribution in [0.5, 0.6) is 0 Å². The predicted octanol–water partition coefficient (Wildman–Crippen LogP) is 3.02. The molecule has 1 heterocycles. The molecule has 4 N–H and O–H groups in total. The van der Waals surface area contributed by atoms with E-state index in [-0.39, 0.29) is 6.04 Å².